The van der Waals surface area contributed by atoms with Crippen LogP contribution in [0.25, 0.3) is 21.9 Å². The molecule has 0 amide bonds. The van der Waals surface area contributed by atoms with Gasteiger partial charge in [-0.05, 0) is 76.1 Å². The highest BCUT2D eigenvalue weighted by Crippen LogP contribution is 2.46. The number of hydrogen-bond donors (Lipinski definition) is 1. The zero-order chi connectivity index (χ0) is 23.8. The molecule has 0 saturated heterocycles. The van der Waals surface area contributed by atoms with E-state index in [4.69, 9.17) is 4.42 Å². The van der Waals surface area contributed by atoms with Crippen molar-refractivity contribution in [3.63, 3.8) is 0 Å². The van der Waals surface area contributed by atoms with Crippen LogP contribution in [-0.2, 0) is 16.2 Å². The molecule has 3 heteroatoms. The lowest BCUT2D eigenvalue weighted by molar-refractivity contribution is 0.332. The van der Waals surface area contributed by atoms with Crippen molar-refractivity contribution in [3.8, 4) is 0 Å². The average Bonchev–Trinajstić information content (AvgIpc) is 3.11. The summed E-state index contributed by atoms with van der Waals surface area (Å²) in [6, 6.07) is 17.9. The smallest absolute Gasteiger partial charge is 0.143 e. The van der Waals surface area contributed by atoms with Crippen LogP contribution in [0.4, 0.5) is 11.4 Å². The Balaban J connectivity index is 1.57. The van der Waals surface area contributed by atoms with Gasteiger partial charge in [0.05, 0.1) is 0 Å². The second-order valence-electron chi connectivity index (χ2n) is 12.3. The van der Waals surface area contributed by atoms with Crippen molar-refractivity contribution in [3.05, 3.63) is 65.2 Å². The number of fused-ring (bicyclic) bond motifs is 4. The van der Waals surface area contributed by atoms with E-state index in [9.17, 15) is 0 Å². The fraction of sp³-hybridized carbons (Fsp3) is 0.400. The molecule has 1 N–H and O–H groups in total. The van der Waals surface area contributed by atoms with Gasteiger partial charge in [0.15, 0.2) is 0 Å². The van der Waals surface area contributed by atoms with Gasteiger partial charge in [-0.3, -0.25) is 0 Å². The van der Waals surface area contributed by atoms with E-state index in [-0.39, 0.29) is 16.2 Å². The van der Waals surface area contributed by atoms with Crippen LogP contribution in [0.2, 0.25) is 0 Å². The molecule has 0 spiro atoms. The first kappa shape index (κ1) is 22.1. The van der Waals surface area contributed by atoms with Gasteiger partial charge in [-0.1, -0.05) is 72.1 Å². The summed E-state index contributed by atoms with van der Waals surface area (Å²) < 4.78 is 6.27. The zero-order valence-electron chi connectivity index (χ0n) is 21.4. The van der Waals surface area contributed by atoms with Crippen LogP contribution in [0.1, 0.15) is 78.0 Å². The minimum Gasteiger partial charge on any atom is -0.456 e. The van der Waals surface area contributed by atoms with Crippen LogP contribution >= 0.6 is 0 Å². The van der Waals surface area contributed by atoms with Crippen LogP contribution in [0.5, 0.6) is 0 Å². The van der Waals surface area contributed by atoms with Crippen molar-refractivity contribution < 1.29 is 4.42 Å². The first-order chi connectivity index (χ1) is 15.4. The van der Waals surface area contributed by atoms with Crippen LogP contribution in [0, 0.1) is 0 Å². The summed E-state index contributed by atoms with van der Waals surface area (Å²) in [6.45, 7) is 16.2. The lowest BCUT2D eigenvalue weighted by Crippen LogP contribution is -2.33. The van der Waals surface area contributed by atoms with Crippen LogP contribution in [-0.4, -0.2) is 7.85 Å². The number of nitrogens with one attached hydrogen (secondary N) is 1. The zero-order valence-corrected chi connectivity index (χ0v) is 21.4. The molecule has 1 aromatic heterocycles. The maximum absolute atomic E-state index is 6.27. The Morgan fingerprint density at radius 1 is 0.818 bits per heavy atom. The summed E-state index contributed by atoms with van der Waals surface area (Å²) in [5.74, 6) is 0. The highest BCUT2D eigenvalue weighted by atomic mass is 16.3. The van der Waals surface area contributed by atoms with Gasteiger partial charge in [-0.15, -0.1) is 0 Å². The maximum atomic E-state index is 6.27. The van der Waals surface area contributed by atoms with E-state index in [1.807, 2.05) is 0 Å². The Hall–Kier alpha value is -2.68. The largest absolute Gasteiger partial charge is 0.456 e. The third kappa shape index (κ3) is 3.66. The van der Waals surface area contributed by atoms with E-state index in [0.29, 0.717) is 0 Å². The SMILES string of the molecule is Bc1c(Nc2ccc3c(c2)C(C)(C)CCC3(C)C)ccc2oc3cc(C(C)(C)C)ccc3c12. The van der Waals surface area contributed by atoms with Gasteiger partial charge < -0.3 is 9.73 Å². The fourth-order valence-corrected chi connectivity index (χ4v) is 5.46. The molecule has 1 aliphatic carbocycles. The van der Waals surface area contributed by atoms with E-state index in [0.717, 1.165) is 22.5 Å². The second kappa shape index (κ2) is 7.16. The molecule has 0 aliphatic heterocycles. The number of furan rings is 1. The maximum Gasteiger partial charge on any atom is 0.143 e. The van der Waals surface area contributed by atoms with E-state index < -0.39 is 0 Å². The van der Waals surface area contributed by atoms with Gasteiger partial charge >= 0.3 is 0 Å². The molecule has 0 saturated carbocycles. The summed E-state index contributed by atoms with van der Waals surface area (Å²) in [5.41, 5.74) is 10.2. The van der Waals surface area contributed by atoms with Gasteiger partial charge in [0.2, 0.25) is 0 Å². The number of anilines is 2. The van der Waals surface area contributed by atoms with Gasteiger partial charge in [0.1, 0.15) is 19.0 Å². The Morgan fingerprint density at radius 3 is 2.21 bits per heavy atom. The van der Waals surface area contributed by atoms with E-state index in [1.165, 1.54) is 45.8 Å². The predicted octanol–water partition coefficient (Wildman–Crippen LogP) is 7.23. The molecule has 3 aromatic carbocycles. The van der Waals surface area contributed by atoms with Crippen molar-refractivity contribution in [2.75, 3.05) is 5.32 Å². The van der Waals surface area contributed by atoms with Gasteiger partial charge in [0, 0.05) is 22.1 Å². The average molecular weight is 437 g/mol. The molecule has 2 nitrogen and oxygen atoms in total. The van der Waals surface area contributed by atoms with Crippen LogP contribution in [0.15, 0.2) is 52.9 Å². The molecule has 0 unspecified atom stereocenters. The minimum atomic E-state index is 0.101. The normalized spacial score (nSPS) is 17.3. The van der Waals surface area contributed by atoms with Crippen molar-refractivity contribution in [1.29, 1.82) is 0 Å². The number of rotatable bonds is 2. The molecule has 33 heavy (non-hydrogen) atoms. The molecular formula is C30H36BNO. The molecule has 5 rings (SSSR count). The molecule has 0 fully saturated rings. The first-order valence-corrected chi connectivity index (χ1v) is 12.3. The molecule has 4 aromatic rings. The second-order valence-corrected chi connectivity index (χ2v) is 12.3. The fourth-order valence-electron chi connectivity index (χ4n) is 5.46. The van der Waals surface area contributed by atoms with Gasteiger partial charge in [0.25, 0.3) is 0 Å². The molecule has 0 atom stereocenters. The first-order valence-electron chi connectivity index (χ1n) is 12.3. The van der Waals surface area contributed by atoms with Gasteiger partial charge in [-0.25, -0.2) is 0 Å². The highest BCUT2D eigenvalue weighted by molar-refractivity contribution is 6.44. The van der Waals surface area contributed by atoms with Crippen molar-refractivity contribution in [2.45, 2.75) is 77.6 Å². The summed E-state index contributed by atoms with van der Waals surface area (Å²) in [4.78, 5) is 0. The Bertz CT molecular complexity index is 1380. The molecule has 1 aliphatic rings. The van der Waals surface area contributed by atoms with E-state index in [2.05, 4.69) is 110 Å². The summed E-state index contributed by atoms with van der Waals surface area (Å²) >= 11 is 0. The Morgan fingerprint density at radius 2 is 1.52 bits per heavy atom. The van der Waals surface area contributed by atoms with Crippen molar-refractivity contribution in [1.82, 2.24) is 0 Å². The predicted molar refractivity (Wildman–Crippen MR) is 146 cm³/mol. The molecule has 1 heterocycles. The minimum absolute atomic E-state index is 0.101. The quantitative estimate of drug-likeness (QED) is 0.335. The molecule has 0 radical (unpaired) electrons. The summed E-state index contributed by atoms with van der Waals surface area (Å²) in [5, 5.41) is 6.12. The molecule has 170 valence electrons. The van der Waals surface area contributed by atoms with E-state index >= 15 is 0 Å². The highest BCUT2D eigenvalue weighted by Gasteiger charge is 2.37. The van der Waals surface area contributed by atoms with Crippen LogP contribution < -0.4 is 10.8 Å². The lowest BCUT2D eigenvalue weighted by Gasteiger charge is -2.42. The molecular weight excluding hydrogens is 401 g/mol. The summed E-state index contributed by atoms with van der Waals surface area (Å²) in [7, 11) is 2.20. The lowest BCUT2D eigenvalue weighted by atomic mass is 9.63. The molecule has 0 bridgehead atoms. The Labute approximate surface area is 199 Å². The number of hydrogen-bond acceptors (Lipinski definition) is 2. The van der Waals surface area contributed by atoms with Gasteiger partial charge in [-0.2, -0.15) is 0 Å². The monoisotopic (exact) mass is 437 g/mol. The van der Waals surface area contributed by atoms with Crippen molar-refractivity contribution in [2.24, 2.45) is 0 Å². The standard InChI is InChI=1S/C30H36BNO/c1-28(2,3)18-8-10-20-25(16-18)33-24-13-12-23(27(31)26(20)24)32-19-9-11-21-22(17-19)30(6,7)15-14-29(21,4)5/h8-13,16-17,32H,14-15,31H2,1-7H3. The van der Waals surface area contributed by atoms with E-state index in [1.54, 1.807) is 0 Å². The third-order valence-corrected chi connectivity index (χ3v) is 7.90. The number of benzene rings is 3. The Kier molecular flexibility index (Phi) is 4.80. The summed E-state index contributed by atoms with van der Waals surface area (Å²) in [6.07, 6.45) is 2.46. The topological polar surface area (TPSA) is 25.2 Å². The van der Waals surface area contributed by atoms with Crippen LogP contribution in [0.3, 0.4) is 0 Å². The third-order valence-electron chi connectivity index (χ3n) is 7.90. The van der Waals surface area contributed by atoms with Crippen molar-refractivity contribution >= 4 is 46.6 Å².